The first kappa shape index (κ1) is 21.7. The number of aryl methyl sites for hydroxylation is 1. The maximum absolute atomic E-state index is 14.2. The summed E-state index contributed by atoms with van der Waals surface area (Å²) in [6.45, 7) is 2.15. The second kappa shape index (κ2) is 9.65. The van der Waals surface area contributed by atoms with E-state index in [0.717, 1.165) is 29.7 Å². The summed E-state index contributed by atoms with van der Waals surface area (Å²) in [6, 6.07) is 20.0. The highest BCUT2D eigenvalue weighted by Crippen LogP contribution is 2.18. The summed E-state index contributed by atoms with van der Waals surface area (Å²) in [5.74, 6) is -1.42. The van der Waals surface area contributed by atoms with Crippen molar-refractivity contribution in [1.29, 1.82) is 0 Å². The van der Waals surface area contributed by atoms with Gasteiger partial charge < -0.3 is 5.32 Å². The Kier molecular flexibility index (Phi) is 6.97. The van der Waals surface area contributed by atoms with E-state index in [4.69, 9.17) is 0 Å². The summed E-state index contributed by atoms with van der Waals surface area (Å²) in [7, 11) is -4.10. The lowest BCUT2D eigenvalue weighted by molar-refractivity contribution is 0.102. The third-order valence-corrected chi connectivity index (χ3v) is 6.13. The summed E-state index contributed by atoms with van der Waals surface area (Å²) < 4.78 is 41.8. The molecule has 0 unspecified atom stereocenters. The molecular formula is C23H23FN2O3S. The Morgan fingerprint density at radius 2 is 1.63 bits per heavy atom. The fraction of sp³-hybridized carbons (Fsp3) is 0.174. The second-order valence-corrected chi connectivity index (χ2v) is 8.52. The first-order chi connectivity index (χ1) is 14.4. The molecule has 1 amide bonds. The Hall–Kier alpha value is -3.03. The van der Waals surface area contributed by atoms with Crippen molar-refractivity contribution < 1.29 is 17.6 Å². The van der Waals surface area contributed by atoms with Crippen LogP contribution in [0.2, 0.25) is 0 Å². The molecule has 0 saturated heterocycles. The molecule has 0 atom stereocenters. The molecule has 3 rings (SSSR count). The van der Waals surface area contributed by atoms with Gasteiger partial charge in [-0.2, -0.15) is 0 Å². The molecule has 5 nitrogen and oxygen atoms in total. The number of benzene rings is 3. The zero-order chi connectivity index (χ0) is 21.6. The van der Waals surface area contributed by atoms with Gasteiger partial charge in [-0.1, -0.05) is 49.4 Å². The van der Waals surface area contributed by atoms with Crippen LogP contribution in [0.25, 0.3) is 0 Å². The second-order valence-electron chi connectivity index (χ2n) is 6.78. The van der Waals surface area contributed by atoms with E-state index in [-0.39, 0.29) is 12.1 Å². The fourth-order valence-corrected chi connectivity index (χ4v) is 4.06. The van der Waals surface area contributed by atoms with Gasteiger partial charge in [0.05, 0.1) is 0 Å². The number of hydrogen-bond donors (Lipinski definition) is 2. The van der Waals surface area contributed by atoms with Crippen LogP contribution in [-0.2, 0) is 22.9 Å². The molecule has 7 heteroatoms. The molecule has 156 valence electrons. The Labute approximate surface area is 176 Å². The molecule has 3 aromatic carbocycles. The zero-order valence-electron chi connectivity index (χ0n) is 16.6. The Balaban J connectivity index is 1.71. The molecule has 0 bridgehead atoms. The average Bonchev–Trinajstić information content (AvgIpc) is 2.75. The van der Waals surface area contributed by atoms with E-state index < -0.39 is 26.6 Å². The van der Waals surface area contributed by atoms with E-state index in [1.54, 1.807) is 12.1 Å². The van der Waals surface area contributed by atoms with E-state index >= 15 is 0 Å². The first-order valence-corrected chi connectivity index (χ1v) is 11.1. The zero-order valence-corrected chi connectivity index (χ0v) is 17.4. The topological polar surface area (TPSA) is 75.3 Å². The average molecular weight is 427 g/mol. The lowest BCUT2D eigenvalue weighted by Gasteiger charge is -2.10. The van der Waals surface area contributed by atoms with Crippen LogP contribution in [0.15, 0.2) is 77.7 Å². The number of anilines is 1. The van der Waals surface area contributed by atoms with E-state index in [1.165, 1.54) is 6.07 Å². The van der Waals surface area contributed by atoms with Gasteiger partial charge in [0, 0.05) is 17.8 Å². The molecule has 0 radical (unpaired) electrons. The highest BCUT2D eigenvalue weighted by Gasteiger charge is 2.21. The van der Waals surface area contributed by atoms with E-state index in [1.807, 2.05) is 49.4 Å². The number of rotatable bonds is 8. The van der Waals surface area contributed by atoms with Crippen LogP contribution in [0.1, 0.15) is 28.4 Å². The van der Waals surface area contributed by atoms with Gasteiger partial charge in [0.2, 0.25) is 10.0 Å². The van der Waals surface area contributed by atoms with Crippen molar-refractivity contribution in [2.24, 2.45) is 0 Å². The van der Waals surface area contributed by atoms with E-state index in [2.05, 4.69) is 10.0 Å². The van der Waals surface area contributed by atoms with Crippen molar-refractivity contribution in [3.05, 3.63) is 95.3 Å². The third kappa shape index (κ3) is 5.52. The minimum atomic E-state index is -4.10. The van der Waals surface area contributed by atoms with Crippen molar-refractivity contribution in [2.45, 2.75) is 24.7 Å². The number of amides is 1. The standard InChI is InChI=1S/C23H23FN2O3S/c1-2-17-8-11-20(12-9-17)26-23(27)19-10-13-21(24)22(16-19)30(28,29)25-15-14-18-6-4-3-5-7-18/h3-13,16,25H,2,14-15H2,1H3,(H,26,27). The SMILES string of the molecule is CCc1ccc(NC(=O)c2ccc(F)c(S(=O)(=O)NCCc3ccccc3)c2)cc1. The number of nitrogens with one attached hydrogen (secondary N) is 2. The molecule has 0 fully saturated rings. The predicted octanol–water partition coefficient (Wildman–Crippen LogP) is 4.16. The molecule has 30 heavy (non-hydrogen) atoms. The molecule has 0 aliphatic rings. The van der Waals surface area contributed by atoms with Crippen molar-refractivity contribution in [3.63, 3.8) is 0 Å². The van der Waals surface area contributed by atoms with Gasteiger partial charge in [0.1, 0.15) is 10.7 Å². The van der Waals surface area contributed by atoms with Crippen molar-refractivity contribution in [2.75, 3.05) is 11.9 Å². The molecule has 0 saturated carbocycles. The Bertz CT molecular complexity index is 1110. The van der Waals surface area contributed by atoms with Gasteiger partial charge in [0.15, 0.2) is 0 Å². The number of hydrogen-bond acceptors (Lipinski definition) is 3. The van der Waals surface area contributed by atoms with Crippen LogP contribution in [-0.4, -0.2) is 20.9 Å². The minimum Gasteiger partial charge on any atom is -0.322 e. The lowest BCUT2D eigenvalue weighted by Crippen LogP contribution is -2.27. The molecule has 3 aromatic rings. The quantitative estimate of drug-likeness (QED) is 0.568. The van der Waals surface area contributed by atoms with Gasteiger partial charge in [-0.25, -0.2) is 17.5 Å². The maximum atomic E-state index is 14.2. The van der Waals surface area contributed by atoms with Gasteiger partial charge in [0.25, 0.3) is 5.91 Å². The van der Waals surface area contributed by atoms with Crippen LogP contribution in [0, 0.1) is 5.82 Å². The van der Waals surface area contributed by atoms with Gasteiger partial charge >= 0.3 is 0 Å². The lowest BCUT2D eigenvalue weighted by atomic mass is 10.1. The monoisotopic (exact) mass is 426 g/mol. The Morgan fingerprint density at radius 1 is 0.933 bits per heavy atom. The van der Waals surface area contributed by atoms with Gasteiger partial charge in [-0.05, 0) is 54.3 Å². The molecule has 0 aromatic heterocycles. The highest BCUT2D eigenvalue weighted by molar-refractivity contribution is 7.89. The van der Waals surface area contributed by atoms with Gasteiger partial charge in [-0.3, -0.25) is 4.79 Å². The molecule has 2 N–H and O–H groups in total. The van der Waals surface area contributed by atoms with E-state index in [9.17, 15) is 17.6 Å². The van der Waals surface area contributed by atoms with Crippen molar-refractivity contribution in [1.82, 2.24) is 4.72 Å². The summed E-state index contributed by atoms with van der Waals surface area (Å²) in [6.07, 6.45) is 1.35. The van der Waals surface area contributed by atoms with Crippen LogP contribution in [0.4, 0.5) is 10.1 Å². The number of sulfonamides is 1. The third-order valence-electron chi connectivity index (χ3n) is 4.65. The molecule has 0 aliphatic carbocycles. The van der Waals surface area contributed by atoms with Crippen molar-refractivity contribution in [3.8, 4) is 0 Å². The van der Waals surface area contributed by atoms with Gasteiger partial charge in [-0.15, -0.1) is 0 Å². The van der Waals surface area contributed by atoms with Crippen LogP contribution < -0.4 is 10.0 Å². The summed E-state index contributed by atoms with van der Waals surface area (Å²) in [5.41, 5.74) is 2.72. The molecule has 0 heterocycles. The summed E-state index contributed by atoms with van der Waals surface area (Å²) in [5, 5.41) is 2.70. The van der Waals surface area contributed by atoms with Crippen LogP contribution in [0.5, 0.6) is 0 Å². The number of carbonyl (C=O) groups excluding carboxylic acids is 1. The minimum absolute atomic E-state index is 0.0550. The first-order valence-electron chi connectivity index (χ1n) is 9.62. The predicted molar refractivity (Wildman–Crippen MR) is 116 cm³/mol. The number of halogens is 1. The van der Waals surface area contributed by atoms with E-state index in [0.29, 0.717) is 12.1 Å². The molecule has 0 aliphatic heterocycles. The smallest absolute Gasteiger partial charge is 0.255 e. The highest BCUT2D eigenvalue weighted by atomic mass is 32.2. The van der Waals surface area contributed by atoms with Crippen LogP contribution in [0.3, 0.4) is 0 Å². The normalized spacial score (nSPS) is 11.3. The number of carbonyl (C=O) groups is 1. The summed E-state index contributed by atoms with van der Waals surface area (Å²) in [4.78, 5) is 12.0. The Morgan fingerprint density at radius 3 is 2.30 bits per heavy atom. The molecule has 0 spiro atoms. The summed E-state index contributed by atoms with van der Waals surface area (Å²) >= 11 is 0. The van der Waals surface area contributed by atoms with Crippen molar-refractivity contribution >= 4 is 21.6 Å². The fourth-order valence-electron chi connectivity index (χ4n) is 2.93. The largest absolute Gasteiger partial charge is 0.322 e. The van der Waals surface area contributed by atoms with Crippen LogP contribution >= 0.6 is 0 Å². The maximum Gasteiger partial charge on any atom is 0.255 e. The molecular weight excluding hydrogens is 403 g/mol.